The molecule has 0 saturated carbocycles. The SMILES string of the molecule is CCc1nncn1CCNC(=NCC1CCCO1)NCCCOC.I. The topological polar surface area (TPSA) is 85.6 Å². The Labute approximate surface area is 167 Å². The van der Waals surface area contributed by atoms with E-state index in [9.17, 15) is 0 Å². The summed E-state index contributed by atoms with van der Waals surface area (Å²) >= 11 is 0. The van der Waals surface area contributed by atoms with Gasteiger partial charge < -0.3 is 24.7 Å². The Balaban J connectivity index is 0.00000312. The van der Waals surface area contributed by atoms with Gasteiger partial charge in [-0.15, -0.1) is 34.2 Å². The number of aromatic nitrogens is 3. The van der Waals surface area contributed by atoms with E-state index in [4.69, 9.17) is 9.47 Å². The maximum absolute atomic E-state index is 5.64. The van der Waals surface area contributed by atoms with Crippen LogP contribution >= 0.6 is 24.0 Å². The van der Waals surface area contributed by atoms with Gasteiger partial charge in [-0.25, -0.2) is 0 Å². The molecule has 0 amide bonds. The summed E-state index contributed by atoms with van der Waals surface area (Å²) in [5.74, 6) is 1.83. The van der Waals surface area contributed by atoms with E-state index < -0.39 is 0 Å². The number of nitrogens with zero attached hydrogens (tertiary/aromatic N) is 4. The van der Waals surface area contributed by atoms with Crippen LogP contribution in [0.2, 0.25) is 0 Å². The van der Waals surface area contributed by atoms with Crippen LogP contribution in [0.4, 0.5) is 0 Å². The van der Waals surface area contributed by atoms with Crippen LogP contribution in [0.3, 0.4) is 0 Å². The van der Waals surface area contributed by atoms with Crippen molar-refractivity contribution in [2.24, 2.45) is 4.99 Å². The van der Waals surface area contributed by atoms with Gasteiger partial charge in [0.05, 0.1) is 12.6 Å². The van der Waals surface area contributed by atoms with E-state index >= 15 is 0 Å². The van der Waals surface area contributed by atoms with Crippen molar-refractivity contribution in [3.8, 4) is 0 Å². The Bertz CT molecular complexity index is 491. The number of hydrogen-bond donors (Lipinski definition) is 2. The van der Waals surface area contributed by atoms with E-state index in [0.29, 0.717) is 6.54 Å². The molecule has 2 N–H and O–H groups in total. The number of guanidine groups is 1. The molecule has 1 aliphatic heterocycles. The van der Waals surface area contributed by atoms with E-state index in [-0.39, 0.29) is 30.1 Å². The van der Waals surface area contributed by atoms with Gasteiger partial charge in [0.2, 0.25) is 0 Å². The van der Waals surface area contributed by atoms with E-state index in [0.717, 1.165) is 70.3 Å². The van der Waals surface area contributed by atoms with Gasteiger partial charge in [-0.2, -0.15) is 0 Å². The lowest BCUT2D eigenvalue weighted by molar-refractivity contribution is 0.117. The Morgan fingerprint density at radius 3 is 3.00 bits per heavy atom. The van der Waals surface area contributed by atoms with Gasteiger partial charge in [0.15, 0.2) is 5.96 Å². The first-order chi connectivity index (χ1) is 11.8. The number of halogens is 1. The molecule has 9 heteroatoms. The van der Waals surface area contributed by atoms with Crippen LogP contribution in [-0.2, 0) is 22.4 Å². The Kier molecular flexibility index (Phi) is 11.7. The molecule has 1 aromatic heterocycles. The molecule has 2 heterocycles. The summed E-state index contributed by atoms with van der Waals surface area (Å²) in [6, 6.07) is 0. The van der Waals surface area contributed by atoms with Crippen LogP contribution < -0.4 is 10.6 Å². The third kappa shape index (κ3) is 8.32. The minimum atomic E-state index is 0. The monoisotopic (exact) mass is 466 g/mol. The highest BCUT2D eigenvalue weighted by Crippen LogP contribution is 2.11. The molecular formula is C16H31IN6O2. The minimum absolute atomic E-state index is 0. The van der Waals surface area contributed by atoms with Gasteiger partial charge in [-0.05, 0) is 19.3 Å². The fraction of sp³-hybridized carbons (Fsp3) is 0.812. The van der Waals surface area contributed by atoms with Gasteiger partial charge >= 0.3 is 0 Å². The molecule has 1 fully saturated rings. The summed E-state index contributed by atoms with van der Waals surface area (Å²) in [7, 11) is 1.72. The molecule has 0 radical (unpaired) electrons. The van der Waals surface area contributed by atoms with Crippen molar-refractivity contribution in [1.29, 1.82) is 0 Å². The van der Waals surface area contributed by atoms with E-state index in [1.165, 1.54) is 0 Å². The number of methoxy groups -OCH3 is 1. The minimum Gasteiger partial charge on any atom is -0.385 e. The molecule has 1 aliphatic rings. The smallest absolute Gasteiger partial charge is 0.191 e. The van der Waals surface area contributed by atoms with Crippen LogP contribution in [0, 0.1) is 0 Å². The number of aryl methyl sites for hydroxylation is 1. The molecule has 25 heavy (non-hydrogen) atoms. The number of ether oxygens (including phenoxy) is 2. The molecule has 144 valence electrons. The van der Waals surface area contributed by atoms with Crippen molar-refractivity contribution in [1.82, 2.24) is 25.4 Å². The summed E-state index contributed by atoms with van der Waals surface area (Å²) in [4.78, 5) is 4.65. The van der Waals surface area contributed by atoms with E-state index in [2.05, 4.69) is 37.3 Å². The molecule has 1 atom stereocenters. The van der Waals surface area contributed by atoms with E-state index in [1.54, 1.807) is 13.4 Å². The van der Waals surface area contributed by atoms with Gasteiger partial charge in [-0.1, -0.05) is 6.92 Å². The molecule has 0 aliphatic carbocycles. The van der Waals surface area contributed by atoms with Crippen molar-refractivity contribution in [2.45, 2.75) is 45.3 Å². The molecule has 0 bridgehead atoms. The average molecular weight is 466 g/mol. The maximum atomic E-state index is 5.64. The van der Waals surface area contributed by atoms with Crippen molar-refractivity contribution in [3.63, 3.8) is 0 Å². The van der Waals surface area contributed by atoms with E-state index in [1.807, 2.05) is 0 Å². The lowest BCUT2D eigenvalue weighted by atomic mass is 10.2. The zero-order valence-electron chi connectivity index (χ0n) is 15.2. The lowest BCUT2D eigenvalue weighted by Gasteiger charge is -2.14. The fourth-order valence-corrected chi connectivity index (χ4v) is 2.61. The van der Waals surface area contributed by atoms with Gasteiger partial charge in [0, 0.05) is 46.4 Å². The third-order valence-electron chi connectivity index (χ3n) is 3.95. The van der Waals surface area contributed by atoms with Gasteiger partial charge in [-0.3, -0.25) is 4.99 Å². The first-order valence-electron chi connectivity index (χ1n) is 8.83. The first kappa shape index (κ1) is 22.1. The Morgan fingerprint density at radius 2 is 2.28 bits per heavy atom. The van der Waals surface area contributed by atoms with Crippen molar-refractivity contribution < 1.29 is 9.47 Å². The Morgan fingerprint density at radius 1 is 1.44 bits per heavy atom. The van der Waals surface area contributed by atoms with Crippen LogP contribution in [0.25, 0.3) is 0 Å². The van der Waals surface area contributed by atoms with Crippen LogP contribution in [-0.4, -0.2) is 66.8 Å². The third-order valence-corrected chi connectivity index (χ3v) is 3.95. The maximum Gasteiger partial charge on any atom is 0.191 e. The van der Waals surface area contributed by atoms with Crippen molar-refractivity contribution in [3.05, 3.63) is 12.2 Å². The highest BCUT2D eigenvalue weighted by Gasteiger charge is 2.14. The Hall–Kier alpha value is -0.940. The predicted molar refractivity (Wildman–Crippen MR) is 109 cm³/mol. The molecule has 0 spiro atoms. The first-order valence-corrected chi connectivity index (χ1v) is 8.83. The molecule has 1 aromatic rings. The number of aliphatic imine (C=N–C) groups is 1. The van der Waals surface area contributed by atoms with Crippen LogP contribution in [0.15, 0.2) is 11.3 Å². The second kappa shape index (κ2) is 13.3. The zero-order valence-corrected chi connectivity index (χ0v) is 17.6. The van der Waals surface area contributed by atoms with Crippen LogP contribution in [0.5, 0.6) is 0 Å². The summed E-state index contributed by atoms with van der Waals surface area (Å²) < 4.78 is 12.8. The van der Waals surface area contributed by atoms with Crippen molar-refractivity contribution in [2.75, 3.05) is 40.0 Å². The highest BCUT2D eigenvalue weighted by molar-refractivity contribution is 14.0. The second-order valence-corrected chi connectivity index (χ2v) is 5.82. The normalized spacial score (nSPS) is 17.4. The summed E-state index contributed by atoms with van der Waals surface area (Å²) in [5, 5.41) is 14.8. The summed E-state index contributed by atoms with van der Waals surface area (Å²) in [5.41, 5.74) is 0. The molecule has 0 aromatic carbocycles. The number of hydrogen-bond acceptors (Lipinski definition) is 5. The molecule has 1 saturated heterocycles. The largest absolute Gasteiger partial charge is 0.385 e. The molecule has 1 unspecified atom stereocenters. The summed E-state index contributed by atoms with van der Waals surface area (Å²) in [6.45, 7) is 6.80. The van der Waals surface area contributed by atoms with Crippen molar-refractivity contribution >= 4 is 29.9 Å². The number of nitrogens with one attached hydrogen (secondary N) is 2. The second-order valence-electron chi connectivity index (χ2n) is 5.82. The number of rotatable bonds is 10. The standard InChI is InChI=1S/C16H30N6O2.HI/c1-3-15-21-20-13-22(15)9-8-18-16(17-7-5-10-23-2)19-12-14-6-4-11-24-14;/h13-14H,3-12H2,1-2H3,(H2,17,18,19);1H. The highest BCUT2D eigenvalue weighted by atomic mass is 127. The van der Waals surface area contributed by atoms with Gasteiger partial charge in [0.1, 0.15) is 12.2 Å². The zero-order chi connectivity index (χ0) is 17.0. The predicted octanol–water partition coefficient (Wildman–Crippen LogP) is 1.21. The lowest BCUT2D eigenvalue weighted by Crippen LogP contribution is -2.40. The molecule has 8 nitrogen and oxygen atoms in total. The van der Waals surface area contributed by atoms with Crippen LogP contribution in [0.1, 0.15) is 32.0 Å². The quantitative estimate of drug-likeness (QED) is 0.234. The molecule has 2 rings (SSSR count). The summed E-state index contributed by atoms with van der Waals surface area (Å²) in [6.07, 6.45) is 6.10. The fourth-order valence-electron chi connectivity index (χ4n) is 2.61. The van der Waals surface area contributed by atoms with Gasteiger partial charge in [0.25, 0.3) is 0 Å². The average Bonchev–Trinajstić information content (AvgIpc) is 3.27. The molecular weight excluding hydrogens is 435 g/mol.